The van der Waals surface area contributed by atoms with Crippen LogP contribution in [0.1, 0.15) is 26.2 Å². The van der Waals surface area contributed by atoms with E-state index in [1.807, 2.05) is 0 Å². The monoisotopic (exact) mass is 237 g/mol. The molecule has 2 bridgehead atoms. The largest absolute Gasteiger partial charge is 0.306 e. The van der Waals surface area contributed by atoms with E-state index in [9.17, 15) is 0 Å². The van der Waals surface area contributed by atoms with Crippen LogP contribution in [0.5, 0.6) is 0 Å². The Morgan fingerprint density at radius 1 is 1.06 bits per heavy atom. The lowest BCUT2D eigenvalue weighted by Crippen LogP contribution is -2.68. The van der Waals surface area contributed by atoms with Crippen molar-refractivity contribution in [2.45, 2.75) is 38.3 Å². The van der Waals surface area contributed by atoms with Gasteiger partial charge in [-0.3, -0.25) is 9.80 Å². The van der Waals surface area contributed by atoms with Crippen molar-refractivity contribution in [2.24, 2.45) is 5.92 Å². The average molecular weight is 237 g/mol. The Labute approximate surface area is 106 Å². The molecule has 0 saturated carbocycles. The number of likely N-dealkylation sites (N-methyl/N-ethyl adjacent to an activating group) is 1. The van der Waals surface area contributed by atoms with E-state index in [-0.39, 0.29) is 0 Å². The van der Waals surface area contributed by atoms with E-state index >= 15 is 0 Å². The molecule has 4 aliphatic heterocycles. The van der Waals surface area contributed by atoms with Crippen molar-refractivity contribution in [1.29, 1.82) is 0 Å². The maximum absolute atomic E-state index is 2.75. The molecular weight excluding hydrogens is 210 g/mol. The maximum Gasteiger partial charge on any atom is 0.0241 e. The molecule has 0 aromatic carbocycles. The fourth-order valence-electron chi connectivity index (χ4n) is 4.05. The van der Waals surface area contributed by atoms with Crippen LogP contribution in [0, 0.1) is 5.92 Å². The molecule has 98 valence electrons. The molecule has 3 heteroatoms. The number of piperidine rings is 2. The number of rotatable bonds is 3. The van der Waals surface area contributed by atoms with Gasteiger partial charge in [0, 0.05) is 31.7 Å². The molecule has 4 fully saturated rings. The molecule has 4 rings (SSSR count). The van der Waals surface area contributed by atoms with Crippen LogP contribution in [-0.2, 0) is 0 Å². The van der Waals surface area contributed by atoms with E-state index in [1.54, 1.807) is 0 Å². The van der Waals surface area contributed by atoms with Crippen molar-refractivity contribution in [1.82, 2.24) is 14.7 Å². The number of likely N-dealkylation sites (tertiary alicyclic amines) is 1. The van der Waals surface area contributed by atoms with Crippen LogP contribution in [0.4, 0.5) is 0 Å². The van der Waals surface area contributed by atoms with Crippen LogP contribution in [0.2, 0.25) is 0 Å². The highest BCUT2D eigenvalue weighted by Gasteiger charge is 2.43. The standard InChI is InChI=1S/C14H27N3/c1-3-17-13-8-14(17)11-16(10-13)9-12-4-6-15(2)7-5-12/h12-14H,3-11H2,1-2H3. The number of nitrogens with zero attached hydrogens (tertiary/aromatic N) is 3. The molecule has 2 unspecified atom stereocenters. The highest BCUT2D eigenvalue weighted by Crippen LogP contribution is 2.32. The second kappa shape index (κ2) is 4.87. The molecule has 3 nitrogen and oxygen atoms in total. The minimum atomic E-state index is 0.894. The van der Waals surface area contributed by atoms with Crippen molar-refractivity contribution in [2.75, 3.05) is 46.3 Å². The van der Waals surface area contributed by atoms with Crippen molar-refractivity contribution in [3.05, 3.63) is 0 Å². The Bertz CT molecular complexity index is 248. The summed E-state index contributed by atoms with van der Waals surface area (Å²) >= 11 is 0. The Balaban J connectivity index is 1.45. The lowest BCUT2D eigenvalue weighted by molar-refractivity contribution is -0.0707. The first kappa shape index (κ1) is 11.9. The van der Waals surface area contributed by atoms with Gasteiger partial charge in [0.05, 0.1) is 0 Å². The van der Waals surface area contributed by atoms with Crippen molar-refractivity contribution >= 4 is 0 Å². The fourth-order valence-corrected chi connectivity index (χ4v) is 4.05. The van der Waals surface area contributed by atoms with Crippen LogP contribution in [-0.4, -0.2) is 73.1 Å². The van der Waals surface area contributed by atoms with Gasteiger partial charge in [-0.25, -0.2) is 0 Å². The van der Waals surface area contributed by atoms with Crippen molar-refractivity contribution < 1.29 is 0 Å². The number of hydrogen-bond acceptors (Lipinski definition) is 3. The minimum absolute atomic E-state index is 0.894. The Morgan fingerprint density at radius 3 is 2.29 bits per heavy atom. The van der Waals surface area contributed by atoms with Gasteiger partial charge in [0.1, 0.15) is 0 Å². The molecule has 0 spiro atoms. The first-order valence-corrected chi connectivity index (χ1v) is 7.43. The van der Waals surface area contributed by atoms with E-state index < -0.39 is 0 Å². The van der Waals surface area contributed by atoms with Crippen LogP contribution in [0.15, 0.2) is 0 Å². The third-order valence-corrected chi connectivity index (χ3v) is 5.14. The Morgan fingerprint density at radius 2 is 1.71 bits per heavy atom. The van der Waals surface area contributed by atoms with Gasteiger partial charge in [-0.15, -0.1) is 0 Å². The first-order valence-electron chi connectivity index (χ1n) is 7.43. The Hall–Kier alpha value is -0.120. The van der Waals surface area contributed by atoms with E-state index in [2.05, 4.69) is 28.7 Å². The van der Waals surface area contributed by atoms with Crippen LogP contribution >= 0.6 is 0 Å². The molecule has 4 aliphatic rings. The highest BCUT2D eigenvalue weighted by atomic mass is 15.4. The van der Waals surface area contributed by atoms with Gasteiger partial charge in [-0.05, 0) is 51.9 Å². The smallest absolute Gasteiger partial charge is 0.0241 e. The summed E-state index contributed by atoms with van der Waals surface area (Å²) < 4.78 is 0. The summed E-state index contributed by atoms with van der Waals surface area (Å²) in [4.78, 5) is 7.93. The number of hydrogen-bond donors (Lipinski definition) is 0. The minimum Gasteiger partial charge on any atom is -0.306 e. The average Bonchev–Trinajstić information content (AvgIpc) is 2.33. The zero-order valence-electron chi connectivity index (χ0n) is 11.4. The molecule has 2 atom stereocenters. The van der Waals surface area contributed by atoms with E-state index in [4.69, 9.17) is 0 Å². The second-order valence-electron chi connectivity index (χ2n) is 6.34. The maximum atomic E-state index is 2.75. The number of fused-ring (bicyclic) bond motifs is 2. The second-order valence-corrected chi connectivity index (χ2v) is 6.34. The van der Waals surface area contributed by atoms with E-state index in [0.29, 0.717) is 0 Å². The zero-order valence-corrected chi connectivity index (χ0v) is 11.4. The molecule has 0 aromatic heterocycles. The summed E-state index contributed by atoms with van der Waals surface area (Å²) in [5.41, 5.74) is 0. The summed E-state index contributed by atoms with van der Waals surface area (Å²) in [5.74, 6) is 0.971. The van der Waals surface area contributed by atoms with Gasteiger partial charge in [0.2, 0.25) is 0 Å². The molecular formula is C14H27N3. The van der Waals surface area contributed by atoms with Gasteiger partial charge in [0.15, 0.2) is 0 Å². The molecule has 0 N–H and O–H groups in total. The molecule has 4 saturated heterocycles. The fraction of sp³-hybridized carbons (Fsp3) is 1.00. The molecule has 0 aliphatic carbocycles. The van der Waals surface area contributed by atoms with Crippen LogP contribution in [0.3, 0.4) is 0 Å². The molecule has 0 radical (unpaired) electrons. The quantitative estimate of drug-likeness (QED) is 0.728. The van der Waals surface area contributed by atoms with E-state index in [1.165, 1.54) is 58.5 Å². The topological polar surface area (TPSA) is 9.72 Å². The SMILES string of the molecule is CCN1C2CC1CN(CC1CCN(C)CC1)C2. The summed E-state index contributed by atoms with van der Waals surface area (Å²) in [6, 6.07) is 1.79. The summed E-state index contributed by atoms with van der Waals surface area (Å²) in [6.45, 7) is 10.3. The van der Waals surface area contributed by atoms with Gasteiger partial charge in [-0.2, -0.15) is 0 Å². The van der Waals surface area contributed by atoms with Gasteiger partial charge in [-0.1, -0.05) is 6.92 Å². The molecule has 4 heterocycles. The van der Waals surface area contributed by atoms with Crippen LogP contribution in [0.25, 0.3) is 0 Å². The highest BCUT2D eigenvalue weighted by molar-refractivity contribution is 5.00. The van der Waals surface area contributed by atoms with Gasteiger partial charge < -0.3 is 4.90 Å². The third kappa shape index (κ3) is 2.38. The van der Waals surface area contributed by atoms with E-state index in [0.717, 1.165) is 18.0 Å². The summed E-state index contributed by atoms with van der Waals surface area (Å²) in [5, 5.41) is 0. The number of piperazine rings is 1. The molecule has 17 heavy (non-hydrogen) atoms. The van der Waals surface area contributed by atoms with Crippen LogP contribution < -0.4 is 0 Å². The van der Waals surface area contributed by atoms with Gasteiger partial charge >= 0.3 is 0 Å². The predicted octanol–water partition coefficient (Wildman–Crippen LogP) is 1.11. The lowest BCUT2D eigenvalue weighted by Gasteiger charge is -2.56. The third-order valence-electron chi connectivity index (χ3n) is 5.14. The Kier molecular flexibility index (Phi) is 3.42. The van der Waals surface area contributed by atoms with Crippen molar-refractivity contribution in [3.8, 4) is 0 Å². The zero-order chi connectivity index (χ0) is 11.8. The molecule has 0 amide bonds. The first-order chi connectivity index (χ1) is 8.26. The van der Waals surface area contributed by atoms with Crippen molar-refractivity contribution in [3.63, 3.8) is 0 Å². The summed E-state index contributed by atoms with van der Waals surface area (Å²) in [6.07, 6.45) is 4.30. The normalized spacial score (nSPS) is 37.1. The molecule has 0 aromatic rings. The summed E-state index contributed by atoms with van der Waals surface area (Å²) in [7, 11) is 2.26. The van der Waals surface area contributed by atoms with Gasteiger partial charge in [0.25, 0.3) is 0 Å². The predicted molar refractivity (Wildman–Crippen MR) is 71.2 cm³/mol. The lowest BCUT2D eigenvalue weighted by atomic mass is 9.86.